The number of H-pyrrole nitrogens is 1. The number of carbonyl (C=O) groups excluding carboxylic acids is 2. The van der Waals surface area contributed by atoms with E-state index in [2.05, 4.69) is 10.3 Å². The van der Waals surface area contributed by atoms with Crippen molar-refractivity contribution in [3.8, 4) is 0 Å². The summed E-state index contributed by atoms with van der Waals surface area (Å²) in [5.74, 6) is -0.624. The third-order valence-electron chi connectivity index (χ3n) is 3.96. The largest absolute Gasteiger partial charge is 0.359 e. The van der Waals surface area contributed by atoms with Crippen LogP contribution in [-0.2, 0) is 11.2 Å². The van der Waals surface area contributed by atoms with E-state index in [9.17, 15) is 9.59 Å². The molecule has 3 rings (SSSR count). The molecule has 26 heavy (non-hydrogen) atoms. The summed E-state index contributed by atoms with van der Waals surface area (Å²) in [6.07, 6.45) is 2.06. The van der Waals surface area contributed by atoms with Gasteiger partial charge in [-0.25, -0.2) is 0 Å². The molecule has 0 radical (unpaired) electrons. The maximum Gasteiger partial charge on any atom is 0.241 e. The smallest absolute Gasteiger partial charge is 0.241 e. The molecule has 3 aromatic rings. The molecular formula is C20H18ClN3O2. The van der Waals surface area contributed by atoms with Crippen LogP contribution >= 0.6 is 11.6 Å². The molecule has 0 fully saturated rings. The third kappa shape index (κ3) is 4.20. The zero-order valence-electron chi connectivity index (χ0n) is 13.9. The number of nitrogens with two attached hydrogens (primary N) is 1. The zero-order chi connectivity index (χ0) is 18.5. The second-order valence-corrected chi connectivity index (χ2v) is 6.32. The maximum atomic E-state index is 12.7. The van der Waals surface area contributed by atoms with E-state index in [1.807, 2.05) is 30.3 Å². The summed E-state index contributed by atoms with van der Waals surface area (Å²) in [4.78, 5) is 28.0. The summed E-state index contributed by atoms with van der Waals surface area (Å²) < 4.78 is 0. The van der Waals surface area contributed by atoms with Crippen molar-refractivity contribution in [1.29, 1.82) is 0 Å². The summed E-state index contributed by atoms with van der Waals surface area (Å²) in [6.45, 7) is 0. The van der Waals surface area contributed by atoms with E-state index in [1.165, 1.54) is 6.07 Å². The van der Waals surface area contributed by atoms with Crippen molar-refractivity contribution < 1.29 is 9.59 Å². The van der Waals surface area contributed by atoms with Gasteiger partial charge in [-0.1, -0.05) is 41.9 Å². The first-order chi connectivity index (χ1) is 12.5. The molecule has 5 nitrogen and oxygen atoms in total. The highest BCUT2D eigenvalue weighted by Gasteiger charge is 2.19. The number of halogens is 1. The molecule has 6 heteroatoms. The lowest BCUT2D eigenvalue weighted by Gasteiger charge is -2.15. The molecule has 132 valence electrons. The standard InChI is InChI=1S/C20H18ClN3O2/c21-14-8-9-17(15(12-14)19(25)18-7-4-10-23-18)24-20(26)16(22)11-13-5-2-1-3-6-13/h1-10,12,16,23H,11,22H2,(H,24,26)/t16-/m0/s1. The van der Waals surface area contributed by atoms with E-state index in [4.69, 9.17) is 17.3 Å². The Hall–Kier alpha value is -2.89. The number of benzene rings is 2. The van der Waals surface area contributed by atoms with Crippen LogP contribution in [0.2, 0.25) is 5.02 Å². The van der Waals surface area contributed by atoms with Gasteiger partial charge in [-0.15, -0.1) is 0 Å². The predicted octanol–water partition coefficient (Wildman–Crippen LogP) is 3.41. The first kappa shape index (κ1) is 17.9. The zero-order valence-corrected chi connectivity index (χ0v) is 14.7. The van der Waals surface area contributed by atoms with E-state index in [1.54, 1.807) is 30.5 Å². The van der Waals surface area contributed by atoms with E-state index in [-0.39, 0.29) is 11.7 Å². The molecule has 0 aliphatic carbocycles. The summed E-state index contributed by atoms with van der Waals surface area (Å²) in [5.41, 5.74) is 8.08. The Morgan fingerprint density at radius 2 is 1.85 bits per heavy atom. The highest BCUT2D eigenvalue weighted by molar-refractivity contribution is 6.31. The van der Waals surface area contributed by atoms with Crippen LogP contribution < -0.4 is 11.1 Å². The number of aromatic amines is 1. The molecule has 1 heterocycles. The molecule has 1 atom stereocenters. The molecule has 1 aromatic heterocycles. The van der Waals surface area contributed by atoms with Gasteiger partial charge in [0, 0.05) is 16.8 Å². The average Bonchev–Trinajstić information content (AvgIpc) is 3.18. The number of aromatic nitrogens is 1. The van der Waals surface area contributed by atoms with Crippen molar-refractivity contribution in [3.63, 3.8) is 0 Å². The SMILES string of the molecule is N[C@@H](Cc1ccccc1)C(=O)Nc1ccc(Cl)cc1C(=O)c1ccc[nH]1. The van der Waals surface area contributed by atoms with Crippen LogP contribution in [-0.4, -0.2) is 22.7 Å². The van der Waals surface area contributed by atoms with E-state index in [0.29, 0.717) is 28.4 Å². The molecule has 0 saturated heterocycles. The van der Waals surface area contributed by atoms with Crippen molar-refractivity contribution in [3.05, 3.63) is 88.7 Å². The minimum Gasteiger partial charge on any atom is -0.359 e. The molecule has 0 spiro atoms. The fourth-order valence-corrected chi connectivity index (χ4v) is 2.79. The Labute approximate surface area is 156 Å². The van der Waals surface area contributed by atoms with Crippen LogP contribution in [0.4, 0.5) is 5.69 Å². The number of amides is 1. The molecule has 0 aliphatic rings. The fraction of sp³-hybridized carbons (Fsp3) is 0.100. The van der Waals surface area contributed by atoms with Gasteiger partial charge in [-0.2, -0.15) is 0 Å². The third-order valence-corrected chi connectivity index (χ3v) is 4.20. The highest BCUT2D eigenvalue weighted by Crippen LogP contribution is 2.23. The Morgan fingerprint density at radius 1 is 1.08 bits per heavy atom. The van der Waals surface area contributed by atoms with Crippen molar-refractivity contribution in [2.24, 2.45) is 5.73 Å². The molecule has 4 N–H and O–H groups in total. The first-order valence-corrected chi connectivity index (χ1v) is 8.50. The summed E-state index contributed by atoms with van der Waals surface area (Å²) in [7, 11) is 0. The lowest BCUT2D eigenvalue weighted by molar-refractivity contribution is -0.117. The van der Waals surface area contributed by atoms with Gasteiger partial charge in [-0.05, 0) is 42.3 Å². The van der Waals surface area contributed by atoms with E-state index < -0.39 is 6.04 Å². The number of ketones is 1. The monoisotopic (exact) mass is 367 g/mol. The summed E-state index contributed by atoms with van der Waals surface area (Å²) >= 11 is 6.03. The number of anilines is 1. The Morgan fingerprint density at radius 3 is 2.54 bits per heavy atom. The predicted molar refractivity (Wildman–Crippen MR) is 102 cm³/mol. The molecule has 0 saturated carbocycles. The van der Waals surface area contributed by atoms with Crippen molar-refractivity contribution in [2.45, 2.75) is 12.5 Å². The first-order valence-electron chi connectivity index (χ1n) is 8.12. The van der Waals surface area contributed by atoms with Gasteiger partial charge in [-0.3, -0.25) is 9.59 Å². The minimum absolute atomic E-state index is 0.260. The molecular weight excluding hydrogens is 350 g/mol. The molecule has 1 amide bonds. The van der Waals surface area contributed by atoms with Crippen LogP contribution in [0.5, 0.6) is 0 Å². The van der Waals surface area contributed by atoms with Crippen LogP contribution in [0.1, 0.15) is 21.6 Å². The van der Waals surface area contributed by atoms with Crippen LogP contribution in [0.15, 0.2) is 66.9 Å². The van der Waals surface area contributed by atoms with Crippen molar-refractivity contribution in [2.75, 3.05) is 5.32 Å². The average molecular weight is 368 g/mol. The lowest BCUT2D eigenvalue weighted by Crippen LogP contribution is -2.37. The number of nitrogens with one attached hydrogen (secondary N) is 2. The summed E-state index contributed by atoms with van der Waals surface area (Å²) in [5, 5.41) is 3.15. The van der Waals surface area contributed by atoms with Crippen molar-refractivity contribution in [1.82, 2.24) is 4.98 Å². The number of hydrogen-bond donors (Lipinski definition) is 3. The van der Waals surface area contributed by atoms with E-state index >= 15 is 0 Å². The van der Waals surface area contributed by atoms with Gasteiger partial charge in [0.2, 0.25) is 11.7 Å². The van der Waals surface area contributed by atoms with Crippen LogP contribution in [0.3, 0.4) is 0 Å². The topological polar surface area (TPSA) is 88.0 Å². The second kappa shape index (κ2) is 7.99. The molecule has 0 unspecified atom stereocenters. The Balaban J connectivity index is 1.79. The van der Waals surface area contributed by atoms with Crippen LogP contribution in [0, 0.1) is 0 Å². The molecule has 0 bridgehead atoms. The Bertz CT molecular complexity index is 908. The van der Waals surface area contributed by atoms with Gasteiger partial charge in [0.1, 0.15) is 0 Å². The highest BCUT2D eigenvalue weighted by atomic mass is 35.5. The quantitative estimate of drug-likeness (QED) is 0.583. The molecule has 0 aliphatic heterocycles. The van der Waals surface area contributed by atoms with Gasteiger partial charge in [0.15, 0.2) is 0 Å². The van der Waals surface area contributed by atoms with E-state index in [0.717, 1.165) is 5.56 Å². The Kier molecular flexibility index (Phi) is 5.51. The normalized spacial score (nSPS) is 11.8. The summed E-state index contributed by atoms with van der Waals surface area (Å²) in [6, 6.07) is 16.9. The van der Waals surface area contributed by atoms with Crippen LogP contribution in [0.25, 0.3) is 0 Å². The minimum atomic E-state index is -0.735. The maximum absolute atomic E-state index is 12.7. The number of hydrogen-bond acceptors (Lipinski definition) is 3. The van der Waals surface area contributed by atoms with Gasteiger partial charge in [0.25, 0.3) is 0 Å². The molecule has 2 aromatic carbocycles. The second-order valence-electron chi connectivity index (χ2n) is 5.89. The number of rotatable bonds is 6. The lowest BCUT2D eigenvalue weighted by atomic mass is 10.0. The van der Waals surface area contributed by atoms with Gasteiger partial charge >= 0.3 is 0 Å². The van der Waals surface area contributed by atoms with Crippen molar-refractivity contribution >= 4 is 29.0 Å². The van der Waals surface area contributed by atoms with Gasteiger partial charge in [0.05, 0.1) is 17.4 Å². The number of carbonyl (C=O) groups is 2. The fourth-order valence-electron chi connectivity index (χ4n) is 2.62. The van der Waals surface area contributed by atoms with Gasteiger partial charge < -0.3 is 16.0 Å².